The van der Waals surface area contributed by atoms with E-state index in [1.807, 2.05) is 7.05 Å². The third kappa shape index (κ3) is 2.93. The van der Waals surface area contributed by atoms with Gasteiger partial charge in [-0.3, -0.25) is 4.79 Å². The average Bonchev–Trinajstić information content (AvgIpc) is 2.90. The molecule has 1 amide bonds. The summed E-state index contributed by atoms with van der Waals surface area (Å²) in [6.45, 7) is 0. The van der Waals surface area contributed by atoms with Crippen LogP contribution in [0.5, 0.6) is 0 Å². The van der Waals surface area contributed by atoms with E-state index in [1.165, 1.54) is 12.1 Å². The maximum Gasteiger partial charge on any atom is 0.228 e. The second-order valence-electron chi connectivity index (χ2n) is 5.53. The Bertz CT molecular complexity index is 703. The quantitative estimate of drug-likeness (QED) is 0.881. The number of hydrogen-bond acceptors (Lipinski definition) is 2. The van der Waals surface area contributed by atoms with Crippen molar-refractivity contribution in [1.82, 2.24) is 9.55 Å². The molecule has 1 N–H and O–H groups in total. The number of benzene rings is 1. The highest BCUT2D eigenvalue weighted by atomic mass is 19.1. The Labute approximate surface area is 128 Å². The minimum atomic E-state index is -0.292. The Morgan fingerprint density at radius 3 is 2.77 bits per heavy atom. The second kappa shape index (κ2) is 6.13. The van der Waals surface area contributed by atoms with Crippen LogP contribution in [0.15, 0.2) is 42.7 Å². The van der Waals surface area contributed by atoms with Crippen molar-refractivity contribution in [2.75, 3.05) is 5.32 Å². The lowest BCUT2D eigenvalue weighted by molar-refractivity contribution is -0.120. The summed E-state index contributed by atoms with van der Waals surface area (Å²) in [4.78, 5) is 16.7. The molecule has 1 aromatic heterocycles. The third-order valence-electron chi connectivity index (χ3n) is 3.94. The van der Waals surface area contributed by atoms with Crippen LogP contribution in [-0.2, 0) is 11.8 Å². The fraction of sp³-hybridized carbons (Fsp3) is 0.294. The SMILES string of the molecule is Cn1cnc(-c2ccc(F)cc2)c1NC(=O)[C@@H]1CC=CCC1. The summed E-state index contributed by atoms with van der Waals surface area (Å²) < 4.78 is 14.8. The highest BCUT2D eigenvalue weighted by Crippen LogP contribution is 2.28. The number of nitrogens with one attached hydrogen (secondary N) is 1. The Hall–Kier alpha value is -2.43. The predicted molar refractivity (Wildman–Crippen MR) is 83.7 cm³/mol. The van der Waals surface area contributed by atoms with Gasteiger partial charge in [-0.25, -0.2) is 9.37 Å². The minimum absolute atomic E-state index is 0.000896. The summed E-state index contributed by atoms with van der Waals surface area (Å²) in [5.41, 5.74) is 1.43. The fourth-order valence-corrected chi connectivity index (χ4v) is 2.65. The number of carbonyl (C=O) groups excluding carboxylic acids is 1. The topological polar surface area (TPSA) is 46.9 Å². The van der Waals surface area contributed by atoms with E-state index in [4.69, 9.17) is 0 Å². The molecule has 0 aliphatic heterocycles. The molecule has 4 nitrogen and oxygen atoms in total. The van der Waals surface area contributed by atoms with Crippen LogP contribution in [0.1, 0.15) is 19.3 Å². The van der Waals surface area contributed by atoms with Crippen LogP contribution in [-0.4, -0.2) is 15.5 Å². The normalized spacial score (nSPS) is 17.5. The van der Waals surface area contributed by atoms with Gasteiger partial charge in [0.1, 0.15) is 17.3 Å². The smallest absolute Gasteiger partial charge is 0.228 e. The maximum absolute atomic E-state index is 13.1. The molecule has 3 rings (SSSR count). The summed E-state index contributed by atoms with van der Waals surface area (Å²) in [5.74, 6) is 0.364. The first-order chi connectivity index (χ1) is 10.6. The number of amides is 1. The summed E-state index contributed by atoms with van der Waals surface area (Å²) in [5, 5.41) is 2.98. The molecular weight excluding hydrogens is 281 g/mol. The molecule has 0 saturated heterocycles. The zero-order valence-electron chi connectivity index (χ0n) is 12.4. The average molecular weight is 299 g/mol. The van der Waals surface area contributed by atoms with Crippen molar-refractivity contribution < 1.29 is 9.18 Å². The number of imidazole rings is 1. The van der Waals surface area contributed by atoms with E-state index in [1.54, 1.807) is 23.0 Å². The molecule has 0 saturated carbocycles. The van der Waals surface area contributed by atoms with Crippen LogP contribution in [0.25, 0.3) is 11.3 Å². The van der Waals surface area contributed by atoms with Gasteiger partial charge in [-0.05, 0) is 43.5 Å². The van der Waals surface area contributed by atoms with Crippen LogP contribution < -0.4 is 5.32 Å². The standard InChI is InChI=1S/C17H18FN3O/c1-21-11-19-15(12-7-9-14(18)10-8-12)16(21)20-17(22)13-5-3-2-4-6-13/h2-3,7-11,13H,4-6H2,1H3,(H,20,22)/t13-/m1/s1. The Morgan fingerprint density at radius 2 is 2.09 bits per heavy atom. The van der Waals surface area contributed by atoms with Crippen LogP contribution in [0.2, 0.25) is 0 Å². The molecular formula is C17H18FN3O. The second-order valence-corrected chi connectivity index (χ2v) is 5.53. The van der Waals surface area contributed by atoms with Crippen molar-refractivity contribution in [2.45, 2.75) is 19.3 Å². The van der Waals surface area contributed by atoms with Crippen molar-refractivity contribution in [3.8, 4) is 11.3 Å². The van der Waals surface area contributed by atoms with Gasteiger partial charge in [-0.2, -0.15) is 0 Å². The lowest BCUT2D eigenvalue weighted by Gasteiger charge is -2.18. The molecule has 0 bridgehead atoms. The molecule has 1 aliphatic rings. The summed E-state index contributed by atoms with van der Waals surface area (Å²) in [6.07, 6.45) is 8.39. The number of aryl methyl sites for hydroxylation is 1. The summed E-state index contributed by atoms with van der Waals surface area (Å²) in [6, 6.07) is 6.11. The van der Waals surface area contributed by atoms with Crippen molar-refractivity contribution in [3.63, 3.8) is 0 Å². The molecule has 1 atom stereocenters. The molecule has 5 heteroatoms. The molecule has 1 aliphatic carbocycles. The molecule has 1 aromatic carbocycles. The van der Waals surface area contributed by atoms with Gasteiger partial charge >= 0.3 is 0 Å². The maximum atomic E-state index is 13.1. The number of allylic oxidation sites excluding steroid dienone is 2. The fourth-order valence-electron chi connectivity index (χ4n) is 2.65. The van der Waals surface area contributed by atoms with Gasteiger partial charge in [-0.1, -0.05) is 12.2 Å². The van der Waals surface area contributed by atoms with E-state index in [2.05, 4.69) is 22.5 Å². The van der Waals surface area contributed by atoms with E-state index < -0.39 is 0 Å². The first-order valence-corrected chi connectivity index (χ1v) is 7.38. The van der Waals surface area contributed by atoms with Crippen LogP contribution in [0, 0.1) is 11.7 Å². The van der Waals surface area contributed by atoms with Gasteiger partial charge in [0.25, 0.3) is 0 Å². The molecule has 1 heterocycles. The molecule has 0 radical (unpaired) electrons. The first kappa shape index (κ1) is 14.5. The zero-order valence-corrected chi connectivity index (χ0v) is 12.4. The largest absolute Gasteiger partial charge is 0.320 e. The number of rotatable bonds is 3. The number of aromatic nitrogens is 2. The number of nitrogens with zero attached hydrogens (tertiary/aromatic N) is 2. The lowest BCUT2D eigenvalue weighted by Crippen LogP contribution is -2.24. The van der Waals surface area contributed by atoms with Gasteiger partial charge in [0.2, 0.25) is 5.91 Å². The van der Waals surface area contributed by atoms with Crippen LogP contribution in [0.4, 0.5) is 10.2 Å². The van der Waals surface area contributed by atoms with Crippen LogP contribution >= 0.6 is 0 Å². The zero-order chi connectivity index (χ0) is 15.5. The van der Waals surface area contributed by atoms with Gasteiger partial charge in [0, 0.05) is 18.5 Å². The molecule has 22 heavy (non-hydrogen) atoms. The lowest BCUT2D eigenvalue weighted by atomic mass is 9.93. The third-order valence-corrected chi connectivity index (χ3v) is 3.94. The van der Waals surface area contributed by atoms with Gasteiger partial charge in [0.15, 0.2) is 0 Å². The van der Waals surface area contributed by atoms with Crippen molar-refractivity contribution >= 4 is 11.7 Å². The van der Waals surface area contributed by atoms with E-state index in [0.717, 1.165) is 24.8 Å². The predicted octanol–water partition coefficient (Wildman–Crippen LogP) is 3.52. The Kier molecular flexibility index (Phi) is 4.04. The van der Waals surface area contributed by atoms with E-state index in [9.17, 15) is 9.18 Å². The van der Waals surface area contributed by atoms with Gasteiger partial charge in [0.05, 0.1) is 6.33 Å². The Morgan fingerprint density at radius 1 is 1.32 bits per heavy atom. The summed E-state index contributed by atoms with van der Waals surface area (Å²) >= 11 is 0. The number of hydrogen-bond donors (Lipinski definition) is 1. The molecule has 0 fully saturated rings. The number of anilines is 1. The van der Waals surface area contributed by atoms with Crippen molar-refractivity contribution in [1.29, 1.82) is 0 Å². The number of carbonyl (C=O) groups is 1. The number of halogens is 1. The van der Waals surface area contributed by atoms with E-state index >= 15 is 0 Å². The minimum Gasteiger partial charge on any atom is -0.320 e. The monoisotopic (exact) mass is 299 g/mol. The first-order valence-electron chi connectivity index (χ1n) is 7.38. The van der Waals surface area contributed by atoms with E-state index in [-0.39, 0.29) is 17.6 Å². The molecule has 0 spiro atoms. The highest BCUT2D eigenvalue weighted by Gasteiger charge is 2.21. The van der Waals surface area contributed by atoms with Gasteiger partial charge in [-0.15, -0.1) is 0 Å². The molecule has 0 unspecified atom stereocenters. The summed E-state index contributed by atoms with van der Waals surface area (Å²) in [7, 11) is 1.83. The molecule has 2 aromatic rings. The van der Waals surface area contributed by atoms with Crippen molar-refractivity contribution in [2.24, 2.45) is 13.0 Å². The van der Waals surface area contributed by atoms with E-state index in [0.29, 0.717) is 11.5 Å². The van der Waals surface area contributed by atoms with Gasteiger partial charge < -0.3 is 9.88 Å². The van der Waals surface area contributed by atoms with Crippen molar-refractivity contribution in [3.05, 3.63) is 48.6 Å². The molecule has 114 valence electrons. The van der Waals surface area contributed by atoms with Crippen LogP contribution in [0.3, 0.4) is 0 Å². The highest BCUT2D eigenvalue weighted by molar-refractivity contribution is 5.95. The Balaban J connectivity index is 1.84.